The fraction of sp³-hybridized carbons (Fsp3) is 0. The Hall–Kier alpha value is 4.92. The average Bonchev–Trinajstić information content (AvgIpc) is 0. The summed E-state index contributed by atoms with van der Waals surface area (Å²) < 4.78 is 0. The molecule has 0 heterocycles. The van der Waals surface area contributed by atoms with Crippen molar-refractivity contribution in [2.45, 2.75) is 0 Å². The smallest absolute Gasteiger partial charge is 0.870 e. The van der Waals surface area contributed by atoms with E-state index in [4.69, 9.17) is 0 Å². The zero-order valence-corrected chi connectivity index (χ0v) is 15.6. The first-order valence-electron chi connectivity index (χ1n) is 0. The predicted octanol–water partition coefficient (Wildman–Crippen LogP) is -7.81. The van der Waals surface area contributed by atoms with Crippen molar-refractivity contribution < 1.29 is 114 Å². The minimum Gasteiger partial charge on any atom is -0.870 e. The van der Waals surface area contributed by atoms with Crippen LogP contribution in [0.15, 0.2) is 0 Å². The van der Waals surface area contributed by atoms with Crippen LogP contribution in [0.3, 0.4) is 0 Å². The van der Waals surface area contributed by atoms with Gasteiger partial charge in [-0.3, -0.25) is 0 Å². The van der Waals surface area contributed by atoms with Crippen LogP contribution in [0.2, 0.25) is 0 Å². The first-order valence-corrected chi connectivity index (χ1v) is 0. The van der Waals surface area contributed by atoms with Crippen molar-refractivity contribution >= 4 is 75.5 Å². The van der Waals surface area contributed by atoms with Crippen LogP contribution in [0.4, 0.5) is 0 Å². The Labute approximate surface area is 184 Å². The molecule has 6 N–H and O–H groups in total. The molecule has 0 aliphatic carbocycles. The van der Waals surface area contributed by atoms with E-state index in [9.17, 15) is 0 Å². The van der Waals surface area contributed by atoms with Crippen LogP contribution in [-0.4, -0.2) is 108 Å². The molecule has 0 fully saturated rings. The molecule has 0 rings (SSSR count). The van der Waals surface area contributed by atoms with E-state index in [1.54, 1.807) is 0 Å². The Morgan fingerprint density at radius 1 is 0.400 bits per heavy atom. The third-order valence-electron chi connectivity index (χ3n) is 0. The van der Waals surface area contributed by atoms with Crippen molar-refractivity contribution in [1.82, 2.24) is 0 Å². The first-order chi connectivity index (χ1) is 0. The van der Waals surface area contributed by atoms with Gasteiger partial charge in [0.1, 0.15) is 0 Å². The standard InChI is InChI=1S/2Ca.K.Na.6H2O/h;;;;6*1H2/q2*+2;2*+1;;;;;;/p-6. The Morgan fingerprint density at radius 3 is 0.400 bits per heavy atom. The van der Waals surface area contributed by atoms with Crippen molar-refractivity contribution in [3.05, 3.63) is 0 Å². The zero-order valence-electron chi connectivity index (χ0n) is 6.10. The van der Waals surface area contributed by atoms with Gasteiger partial charge in [-0.2, -0.15) is 0 Å². The second-order valence-corrected chi connectivity index (χ2v) is 0. The van der Waals surface area contributed by atoms with Crippen molar-refractivity contribution in [2.75, 3.05) is 0 Å². The van der Waals surface area contributed by atoms with Gasteiger partial charge in [0, 0.05) is 0 Å². The summed E-state index contributed by atoms with van der Waals surface area (Å²) in [5, 5.41) is 0. The van der Waals surface area contributed by atoms with Crippen LogP contribution >= 0.6 is 0 Å². The molecule has 48 valence electrons. The molecule has 0 aromatic heterocycles. The molecule has 0 bridgehead atoms. The summed E-state index contributed by atoms with van der Waals surface area (Å²) >= 11 is 0. The minimum absolute atomic E-state index is 0. The normalized spacial score (nSPS) is 0. The number of hydrogen-bond donors (Lipinski definition) is 0. The quantitative estimate of drug-likeness (QED) is 0.381. The van der Waals surface area contributed by atoms with E-state index in [1.807, 2.05) is 0 Å². The van der Waals surface area contributed by atoms with E-state index >= 15 is 0 Å². The number of hydrogen-bond acceptors (Lipinski definition) is 6. The molecule has 0 aliphatic rings. The molecule has 0 aliphatic heterocycles. The van der Waals surface area contributed by atoms with E-state index in [2.05, 4.69) is 0 Å². The van der Waals surface area contributed by atoms with Crippen molar-refractivity contribution in [2.24, 2.45) is 0 Å². The van der Waals surface area contributed by atoms with Crippen molar-refractivity contribution in [1.29, 1.82) is 0 Å². The Kier molecular flexibility index (Phi) is 1150. The summed E-state index contributed by atoms with van der Waals surface area (Å²) in [7, 11) is 0. The maximum absolute atomic E-state index is 0. The summed E-state index contributed by atoms with van der Waals surface area (Å²) in [6, 6.07) is 0. The summed E-state index contributed by atoms with van der Waals surface area (Å²) in [5.41, 5.74) is 0. The average molecular weight is 244 g/mol. The summed E-state index contributed by atoms with van der Waals surface area (Å²) in [5.74, 6) is 0. The molecular weight excluding hydrogens is 238 g/mol. The summed E-state index contributed by atoms with van der Waals surface area (Å²) in [6.45, 7) is 0. The third-order valence-corrected chi connectivity index (χ3v) is 0. The van der Waals surface area contributed by atoms with Gasteiger partial charge in [-0.05, 0) is 0 Å². The molecule has 0 radical (unpaired) electrons. The van der Waals surface area contributed by atoms with Crippen LogP contribution in [0.25, 0.3) is 0 Å². The second-order valence-electron chi connectivity index (χ2n) is 0. The Bertz CT molecular complexity index is 15.7. The van der Waals surface area contributed by atoms with Gasteiger partial charge in [0.15, 0.2) is 0 Å². The van der Waals surface area contributed by atoms with E-state index in [0.717, 1.165) is 0 Å². The van der Waals surface area contributed by atoms with Gasteiger partial charge in [0.25, 0.3) is 0 Å². The van der Waals surface area contributed by atoms with Crippen LogP contribution in [-0.2, 0) is 0 Å². The van der Waals surface area contributed by atoms with Gasteiger partial charge < -0.3 is 32.9 Å². The van der Waals surface area contributed by atoms with Gasteiger partial charge in [-0.15, -0.1) is 0 Å². The summed E-state index contributed by atoms with van der Waals surface area (Å²) in [4.78, 5) is 0. The van der Waals surface area contributed by atoms with Gasteiger partial charge in [0.2, 0.25) is 0 Å². The van der Waals surface area contributed by atoms with E-state index < -0.39 is 0 Å². The monoisotopic (exact) mass is 244 g/mol. The van der Waals surface area contributed by atoms with E-state index in [-0.39, 0.29) is 189 Å². The Morgan fingerprint density at radius 2 is 0.400 bits per heavy atom. The molecule has 0 aromatic rings. The van der Waals surface area contributed by atoms with Gasteiger partial charge in [-0.25, -0.2) is 0 Å². The molecule has 0 spiro atoms. The van der Waals surface area contributed by atoms with Gasteiger partial charge >= 0.3 is 156 Å². The molecule has 0 unspecified atom stereocenters. The maximum Gasteiger partial charge on any atom is 2.00 e. The van der Waals surface area contributed by atoms with Crippen LogP contribution in [0.5, 0.6) is 0 Å². The second kappa shape index (κ2) is 96.1. The fourth-order valence-electron chi connectivity index (χ4n) is 0. The van der Waals surface area contributed by atoms with E-state index in [1.165, 1.54) is 0 Å². The van der Waals surface area contributed by atoms with E-state index in [0.29, 0.717) is 0 Å². The maximum atomic E-state index is 0. The number of rotatable bonds is 0. The topological polar surface area (TPSA) is 180 Å². The van der Waals surface area contributed by atoms with Gasteiger partial charge in [-0.1, -0.05) is 0 Å². The molecule has 10 heteroatoms. The molecule has 0 amide bonds. The van der Waals surface area contributed by atoms with Crippen LogP contribution in [0.1, 0.15) is 0 Å². The molecule has 0 atom stereocenters. The van der Waals surface area contributed by atoms with Crippen molar-refractivity contribution in [3.63, 3.8) is 0 Å². The Balaban J connectivity index is 0. The molecule has 10 heavy (non-hydrogen) atoms. The molecule has 0 saturated heterocycles. The van der Waals surface area contributed by atoms with Gasteiger partial charge in [0.05, 0.1) is 0 Å². The minimum atomic E-state index is 0. The summed E-state index contributed by atoms with van der Waals surface area (Å²) in [6.07, 6.45) is 0. The predicted molar refractivity (Wildman–Crippen MR) is 23.1 cm³/mol. The van der Waals surface area contributed by atoms with Crippen molar-refractivity contribution in [3.8, 4) is 0 Å². The van der Waals surface area contributed by atoms with Crippen LogP contribution in [0, 0.1) is 0 Å². The SMILES string of the molecule is [Ca+2].[Ca+2].[K+].[Na+].[OH-].[OH-].[OH-].[OH-].[OH-].[OH-]. The molecule has 0 aromatic carbocycles. The molecule has 0 saturated carbocycles. The zero-order chi connectivity index (χ0) is 0. The van der Waals surface area contributed by atoms with Crippen LogP contribution < -0.4 is 80.9 Å². The molecular formula is H6Ca2KNaO6. The largest absolute Gasteiger partial charge is 2.00 e. The fourth-order valence-corrected chi connectivity index (χ4v) is 0. The first kappa shape index (κ1) is 120. The molecule has 6 nitrogen and oxygen atoms in total. The third kappa shape index (κ3) is 75.9.